The Kier molecular flexibility index (Phi) is 4.38. The topological polar surface area (TPSA) is 35.5 Å². The zero-order valence-corrected chi connectivity index (χ0v) is 11.7. The van der Waals surface area contributed by atoms with Gasteiger partial charge in [-0.25, -0.2) is 0 Å². The summed E-state index contributed by atoms with van der Waals surface area (Å²) in [4.78, 5) is 2.38. The van der Waals surface area contributed by atoms with Crippen LogP contribution < -0.4 is 5.32 Å². The lowest BCUT2D eigenvalue weighted by atomic mass is 9.95. The van der Waals surface area contributed by atoms with Gasteiger partial charge in [0.25, 0.3) is 0 Å². The molecule has 2 N–H and O–H groups in total. The van der Waals surface area contributed by atoms with Gasteiger partial charge in [-0.15, -0.1) is 0 Å². The van der Waals surface area contributed by atoms with Crippen molar-refractivity contribution in [3.8, 4) is 0 Å². The molecule has 1 fully saturated rings. The average Bonchev–Trinajstić information content (AvgIpc) is 2.38. The lowest BCUT2D eigenvalue weighted by Crippen LogP contribution is -2.46. The average molecular weight is 248 g/mol. The van der Waals surface area contributed by atoms with Crippen molar-refractivity contribution in [1.82, 2.24) is 10.2 Å². The number of piperazine rings is 1. The van der Waals surface area contributed by atoms with Crippen LogP contribution in [0.5, 0.6) is 0 Å². The Labute approximate surface area is 110 Å². The summed E-state index contributed by atoms with van der Waals surface area (Å²) < 4.78 is 0. The van der Waals surface area contributed by atoms with Crippen LogP contribution in [0.15, 0.2) is 12.1 Å². The van der Waals surface area contributed by atoms with Gasteiger partial charge in [0.1, 0.15) is 0 Å². The minimum absolute atomic E-state index is 0.145. The van der Waals surface area contributed by atoms with Gasteiger partial charge in [0.2, 0.25) is 0 Å². The van der Waals surface area contributed by atoms with E-state index in [4.69, 9.17) is 0 Å². The van der Waals surface area contributed by atoms with E-state index in [-0.39, 0.29) is 12.6 Å². The summed E-state index contributed by atoms with van der Waals surface area (Å²) in [6, 6.07) is 4.62. The fourth-order valence-corrected chi connectivity index (χ4v) is 2.75. The molecule has 0 aromatic heterocycles. The Balaban J connectivity index is 2.28. The molecule has 18 heavy (non-hydrogen) atoms. The molecule has 2 rings (SSSR count). The van der Waals surface area contributed by atoms with E-state index in [1.54, 1.807) is 0 Å². The predicted molar refractivity (Wildman–Crippen MR) is 74.9 cm³/mol. The van der Waals surface area contributed by atoms with E-state index in [2.05, 4.69) is 43.1 Å². The summed E-state index contributed by atoms with van der Waals surface area (Å²) >= 11 is 0. The largest absolute Gasteiger partial charge is 0.394 e. The number of nitrogens with one attached hydrogen (secondary N) is 1. The Morgan fingerprint density at radius 3 is 2.33 bits per heavy atom. The minimum atomic E-state index is 0.145. The van der Waals surface area contributed by atoms with E-state index in [0.29, 0.717) is 0 Å². The molecule has 1 unspecified atom stereocenters. The Morgan fingerprint density at radius 1 is 1.11 bits per heavy atom. The van der Waals surface area contributed by atoms with Crippen molar-refractivity contribution in [2.75, 3.05) is 32.8 Å². The van der Waals surface area contributed by atoms with Gasteiger partial charge in [-0.1, -0.05) is 12.1 Å². The molecule has 1 atom stereocenters. The van der Waals surface area contributed by atoms with Crippen molar-refractivity contribution in [3.63, 3.8) is 0 Å². The number of benzene rings is 1. The molecule has 3 heteroatoms. The van der Waals surface area contributed by atoms with Crippen molar-refractivity contribution in [2.45, 2.75) is 26.8 Å². The molecule has 100 valence electrons. The van der Waals surface area contributed by atoms with Gasteiger partial charge >= 0.3 is 0 Å². The van der Waals surface area contributed by atoms with Crippen LogP contribution in [-0.4, -0.2) is 42.8 Å². The zero-order valence-electron chi connectivity index (χ0n) is 11.7. The van der Waals surface area contributed by atoms with Crippen molar-refractivity contribution in [2.24, 2.45) is 0 Å². The highest BCUT2D eigenvalue weighted by Crippen LogP contribution is 2.26. The standard InChI is InChI=1S/C15H24N2O/c1-11-8-13(3)14(9-12(11)2)15(10-18)17-6-4-16-5-7-17/h8-9,15-16,18H,4-7,10H2,1-3H3. The smallest absolute Gasteiger partial charge is 0.0628 e. The molecule has 1 aliphatic heterocycles. The number of aliphatic hydroxyl groups excluding tert-OH is 1. The second kappa shape index (κ2) is 5.83. The third-order valence-corrected chi connectivity index (χ3v) is 4.01. The van der Waals surface area contributed by atoms with E-state index in [0.717, 1.165) is 26.2 Å². The number of hydrogen-bond acceptors (Lipinski definition) is 3. The Morgan fingerprint density at radius 2 is 1.72 bits per heavy atom. The van der Waals surface area contributed by atoms with Gasteiger partial charge in [-0.05, 0) is 43.0 Å². The van der Waals surface area contributed by atoms with Crippen LogP contribution in [0, 0.1) is 20.8 Å². The number of rotatable bonds is 3. The van der Waals surface area contributed by atoms with E-state index in [1.165, 1.54) is 22.3 Å². The highest BCUT2D eigenvalue weighted by atomic mass is 16.3. The molecule has 0 spiro atoms. The van der Waals surface area contributed by atoms with Crippen LogP contribution in [0.1, 0.15) is 28.3 Å². The normalized spacial score (nSPS) is 18.9. The molecule has 1 heterocycles. The first-order valence-corrected chi connectivity index (χ1v) is 6.77. The Hall–Kier alpha value is -0.900. The van der Waals surface area contributed by atoms with Crippen LogP contribution in [0.25, 0.3) is 0 Å². The molecule has 0 bridgehead atoms. The second-order valence-electron chi connectivity index (χ2n) is 5.28. The van der Waals surface area contributed by atoms with Gasteiger partial charge in [-0.3, -0.25) is 4.90 Å². The summed E-state index contributed by atoms with van der Waals surface area (Å²) in [7, 11) is 0. The van der Waals surface area contributed by atoms with E-state index < -0.39 is 0 Å². The first-order chi connectivity index (χ1) is 8.63. The van der Waals surface area contributed by atoms with Crippen LogP contribution >= 0.6 is 0 Å². The molecule has 0 amide bonds. The van der Waals surface area contributed by atoms with E-state index in [9.17, 15) is 5.11 Å². The van der Waals surface area contributed by atoms with Crippen LogP contribution in [-0.2, 0) is 0 Å². The predicted octanol–water partition coefficient (Wildman–Crippen LogP) is 1.55. The first kappa shape index (κ1) is 13.5. The fourth-order valence-electron chi connectivity index (χ4n) is 2.75. The molecular weight excluding hydrogens is 224 g/mol. The summed E-state index contributed by atoms with van der Waals surface area (Å²) in [6.07, 6.45) is 0. The SMILES string of the molecule is Cc1cc(C)c(C(CO)N2CCNCC2)cc1C. The Bertz CT molecular complexity index is 411. The molecule has 1 aromatic carbocycles. The minimum Gasteiger partial charge on any atom is -0.394 e. The number of aliphatic hydroxyl groups is 1. The molecule has 1 saturated heterocycles. The van der Waals surface area contributed by atoms with Crippen molar-refractivity contribution < 1.29 is 5.11 Å². The van der Waals surface area contributed by atoms with Crippen molar-refractivity contribution in [1.29, 1.82) is 0 Å². The summed E-state index contributed by atoms with van der Waals surface area (Å²) in [5, 5.41) is 13.1. The van der Waals surface area contributed by atoms with Gasteiger partial charge in [-0.2, -0.15) is 0 Å². The maximum Gasteiger partial charge on any atom is 0.0628 e. The second-order valence-corrected chi connectivity index (χ2v) is 5.28. The molecule has 1 aromatic rings. The summed E-state index contributed by atoms with van der Waals surface area (Å²) in [5.41, 5.74) is 5.20. The molecule has 1 aliphatic rings. The van der Waals surface area contributed by atoms with Crippen LogP contribution in [0.2, 0.25) is 0 Å². The quantitative estimate of drug-likeness (QED) is 0.852. The summed E-state index contributed by atoms with van der Waals surface area (Å²) in [5.74, 6) is 0. The van der Waals surface area contributed by atoms with Gasteiger partial charge in [0, 0.05) is 26.2 Å². The molecule has 0 saturated carbocycles. The monoisotopic (exact) mass is 248 g/mol. The zero-order chi connectivity index (χ0) is 13.1. The van der Waals surface area contributed by atoms with Crippen LogP contribution in [0.3, 0.4) is 0 Å². The van der Waals surface area contributed by atoms with E-state index >= 15 is 0 Å². The third-order valence-electron chi connectivity index (χ3n) is 4.01. The van der Waals surface area contributed by atoms with Crippen LogP contribution in [0.4, 0.5) is 0 Å². The molecule has 3 nitrogen and oxygen atoms in total. The highest BCUT2D eigenvalue weighted by molar-refractivity contribution is 5.38. The highest BCUT2D eigenvalue weighted by Gasteiger charge is 2.23. The van der Waals surface area contributed by atoms with Gasteiger partial charge < -0.3 is 10.4 Å². The maximum absolute atomic E-state index is 9.75. The number of nitrogens with zero attached hydrogens (tertiary/aromatic N) is 1. The molecule has 0 aliphatic carbocycles. The number of hydrogen-bond donors (Lipinski definition) is 2. The lowest BCUT2D eigenvalue weighted by Gasteiger charge is -2.35. The number of aryl methyl sites for hydroxylation is 3. The van der Waals surface area contributed by atoms with Gasteiger partial charge in [0.05, 0.1) is 12.6 Å². The fraction of sp³-hybridized carbons (Fsp3) is 0.600. The lowest BCUT2D eigenvalue weighted by molar-refractivity contribution is 0.110. The first-order valence-electron chi connectivity index (χ1n) is 6.77. The van der Waals surface area contributed by atoms with E-state index in [1.807, 2.05) is 0 Å². The van der Waals surface area contributed by atoms with Gasteiger partial charge in [0.15, 0.2) is 0 Å². The molecular formula is C15H24N2O. The van der Waals surface area contributed by atoms with Crippen molar-refractivity contribution >= 4 is 0 Å². The molecule has 0 radical (unpaired) electrons. The maximum atomic E-state index is 9.75. The van der Waals surface area contributed by atoms with Crippen molar-refractivity contribution in [3.05, 3.63) is 34.4 Å². The summed E-state index contributed by atoms with van der Waals surface area (Å²) in [6.45, 7) is 10.7. The third kappa shape index (κ3) is 2.74.